The Bertz CT molecular complexity index is 797. The molecule has 1 aromatic heterocycles. The molecule has 0 amide bonds. The summed E-state index contributed by atoms with van der Waals surface area (Å²) in [6.07, 6.45) is 3.77. The van der Waals surface area contributed by atoms with Gasteiger partial charge in [0.15, 0.2) is 0 Å². The van der Waals surface area contributed by atoms with Gasteiger partial charge in [0.1, 0.15) is 5.82 Å². The lowest BCUT2D eigenvalue weighted by molar-refractivity contribution is 0.806. The third-order valence-corrected chi connectivity index (χ3v) is 3.96. The van der Waals surface area contributed by atoms with E-state index in [1.165, 1.54) is 0 Å². The van der Waals surface area contributed by atoms with Gasteiger partial charge in [0.2, 0.25) is 0 Å². The standard InChI is InChI=1S/C17H12BrN3/c18-16-4-2-1-3-15(16)17-20-9-10-21(17)12-14-7-5-13(11-19)6-8-14/h1-10H,12H2. The molecular formula is C17H12BrN3. The predicted molar refractivity (Wildman–Crippen MR) is 85.6 cm³/mol. The maximum atomic E-state index is 8.84. The molecule has 0 aliphatic carbocycles. The Morgan fingerprint density at radius 2 is 1.86 bits per heavy atom. The second-order valence-electron chi connectivity index (χ2n) is 4.67. The van der Waals surface area contributed by atoms with Crippen LogP contribution in [0.15, 0.2) is 65.4 Å². The molecule has 4 heteroatoms. The first kappa shape index (κ1) is 13.6. The van der Waals surface area contributed by atoms with Crippen molar-refractivity contribution >= 4 is 15.9 Å². The first-order valence-corrected chi connectivity index (χ1v) is 7.32. The Morgan fingerprint density at radius 1 is 1.10 bits per heavy atom. The molecule has 0 N–H and O–H groups in total. The number of hydrogen-bond donors (Lipinski definition) is 0. The van der Waals surface area contributed by atoms with Crippen molar-refractivity contribution in [3.8, 4) is 17.5 Å². The van der Waals surface area contributed by atoms with Crippen LogP contribution in [0.1, 0.15) is 11.1 Å². The van der Waals surface area contributed by atoms with Gasteiger partial charge in [-0.3, -0.25) is 0 Å². The SMILES string of the molecule is N#Cc1ccc(Cn2ccnc2-c2ccccc2Br)cc1. The third-order valence-electron chi connectivity index (χ3n) is 3.27. The van der Waals surface area contributed by atoms with Crippen LogP contribution in [0.5, 0.6) is 0 Å². The van der Waals surface area contributed by atoms with Crippen molar-refractivity contribution < 1.29 is 0 Å². The molecule has 0 radical (unpaired) electrons. The summed E-state index contributed by atoms with van der Waals surface area (Å²) in [6, 6.07) is 17.8. The fourth-order valence-corrected chi connectivity index (χ4v) is 2.67. The van der Waals surface area contributed by atoms with E-state index >= 15 is 0 Å². The Hall–Kier alpha value is -2.38. The second-order valence-corrected chi connectivity index (χ2v) is 5.52. The van der Waals surface area contributed by atoms with E-state index in [-0.39, 0.29) is 0 Å². The second kappa shape index (κ2) is 5.94. The maximum Gasteiger partial charge on any atom is 0.141 e. The highest BCUT2D eigenvalue weighted by molar-refractivity contribution is 9.10. The Kier molecular flexibility index (Phi) is 3.85. The average Bonchev–Trinajstić information content (AvgIpc) is 2.96. The fraction of sp³-hybridized carbons (Fsp3) is 0.0588. The molecule has 3 aromatic rings. The van der Waals surface area contributed by atoms with E-state index in [1.807, 2.05) is 54.7 Å². The minimum Gasteiger partial charge on any atom is -0.327 e. The number of nitrogens with zero attached hydrogens (tertiary/aromatic N) is 3. The monoisotopic (exact) mass is 337 g/mol. The first-order chi connectivity index (χ1) is 10.3. The zero-order chi connectivity index (χ0) is 14.7. The zero-order valence-electron chi connectivity index (χ0n) is 11.2. The molecule has 0 saturated heterocycles. The van der Waals surface area contributed by atoms with Crippen LogP contribution in [0.2, 0.25) is 0 Å². The van der Waals surface area contributed by atoms with Crippen molar-refractivity contribution in [3.63, 3.8) is 0 Å². The quantitative estimate of drug-likeness (QED) is 0.717. The van der Waals surface area contributed by atoms with Crippen LogP contribution in [0.3, 0.4) is 0 Å². The molecule has 3 rings (SSSR count). The number of aromatic nitrogens is 2. The summed E-state index contributed by atoms with van der Waals surface area (Å²) in [7, 11) is 0. The Morgan fingerprint density at radius 3 is 2.57 bits per heavy atom. The van der Waals surface area contributed by atoms with E-state index in [0.29, 0.717) is 5.56 Å². The molecule has 1 heterocycles. The normalized spacial score (nSPS) is 10.3. The third kappa shape index (κ3) is 2.88. The molecule has 0 atom stereocenters. The van der Waals surface area contributed by atoms with Crippen LogP contribution in [0.25, 0.3) is 11.4 Å². The largest absolute Gasteiger partial charge is 0.327 e. The molecule has 0 aliphatic rings. The van der Waals surface area contributed by atoms with E-state index in [4.69, 9.17) is 5.26 Å². The van der Waals surface area contributed by atoms with Crippen molar-refractivity contribution in [1.82, 2.24) is 9.55 Å². The van der Waals surface area contributed by atoms with Crippen LogP contribution in [-0.4, -0.2) is 9.55 Å². The van der Waals surface area contributed by atoms with E-state index in [9.17, 15) is 0 Å². The topological polar surface area (TPSA) is 41.6 Å². The molecule has 21 heavy (non-hydrogen) atoms. The highest BCUT2D eigenvalue weighted by Crippen LogP contribution is 2.27. The van der Waals surface area contributed by atoms with E-state index in [0.717, 1.165) is 28.0 Å². The lowest BCUT2D eigenvalue weighted by atomic mass is 10.1. The van der Waals surface area contributed by atoms with E-state index < -0.39 is 0 Å². The summed E-state index contributed by atoms with van der Waals surface area (Å²) in [6.45, 7) is 0.725. The van der Waals surface area contributed by atoms with Gasteiger partial charge in [-0.15, -0.1) is 0 Å². The van der Waals surface area contributed by atoms with Crippen LogP contribution < -0.4 is 0 Å². The summed E-state index contributed by atoms with van der Waals surface area (Å²) in [5, 5.41) is 8.84. The Labute approximate surface area is 131 Å². The number of rotatable bonds is 3. The van der Waals surface area contributed by atoms with Gasteiger partial charge in [0.05, 0.1) is 11.6 Å². The van der Waals surface area contributed by atoms with Crippen molar-refractivity contribution in [1.29, 1.82) is 5.26 Å². The lowest BCUT2D eigenvalue weighted by Crippen LogP contribution is -2.01. The van der Waals surface area contributed by atoms with Crippen molar-refractivity contribution in [3.05, 3.63) is 76.5 Å². The number of imidazole rings is 1. The van der Waals surface area contributed by atoms with E-state index in [2.05, 4.69) is 31.6 Å². The van der Waals surface area contributed by atoms with Gasteiger partial charge < -0.3 is 4.57 Å². The zero-order valence-corrected chi connectivity index (χ0v) is 12.8. The minimum atomic E-state index is 0.676. The van der Waals surface area contributed by atoms with Crippen molar-refractivity contribution in [2.45, 2.75) is 6.54 Å². The summed E-state index contributed by atoms with van der Waals surface area (Å²) in [5.74, 6) is 0.923. The Balaban J connectivity index is 1.92. The first-order valence-electron chi connectivity index (χ1n) is 6.53. The van der Waals surface area contributed by atoms with Gasteiger partial charge in [-0.25, -0.2) is 4.98 Å². The number of nitriles is 1. The molecule has 0 fully saturated rings. The van der Waals surface area contributed by atoms with Gasteiger partial charge in [-0.1, -0.05) is 46.3 Å². The average molecular weight is 338 g/mol. The lowest BCUT2D eigenvalue weighted by Gasteiger charge is -2.09. The molecule has 0 bridgehead atoms. The van der Waals surface area contributed by atoms with Crippen LogP contribution in [0, 0.1) is 11.3 Å². The van der Waals surface area contributed by atoms with Gasteiger partial charge in [0, 0.05) is 29.0 Å². The molecule has 0 unspecified atom stereocenters. The summed E-state index contributed by atoms with van der Waals surface area (Å²) in [5.41, 5.74) is 2.88. The maximum absolute atomic E-state index is 8.84. The van der Waals surface area contributed by atoms with Crippen LogP contribution >= 0.6 is 15.9 Å². The number of halogens is 1. The van der Waals surface area contributed by atoms with Gasteiger partial charge in [0.25, 0.3) is 0 Å². The summed E-state index contributed by atoms with van der Waals surface area (Å²) in [4.78, 5) is 4.46. The van der Waals surface area contributed by atoms with Gasteiger partial charge in [-0.2, -0.15) is 5.26 Å². The fourth-order valence-electron chi connectivity index (χ4n) is 2.20. The van der Waals surface area contributed by atoms with Crippen LogP contribution in [-0.2, 0) is 6.54 Å². The van der Waals surface area contributed by atoms with Crippen molar-refractivity contribution in [2.75, 3.05) is 0 Å². The molecule has 2 aromatic carbocycles. The highest BCUT2D eigenvalue weighted by atomic mass is 79.9. The number of hydrogen-bond acceptors (Lipinski definition) is 2. The predicted octanol–water partition coefficient (Wildman–Crippen LogP) is 4.23. The van der Waals surface area contributed by atoms with Crippen LogP contribution in [0.4, 0.5) is 0 Å². The molecular weight excluding hydrogens is 326 g/mol. The smallest absolute Gasteiger partial charge is 0.141 e. The highest BCUT2D eigenvalue weighted by Gasteiger charge is 2.09. The molecule has 0 saturated carbocycles. The number of benzene rings is 2. The minimum absolute atomic E-state index is 0.676. The molecule has 0 spiro atoms. The summed E-state index contributed by atoms with van der Waals surface area (Å²) >= 11 is 3.57. The molecule has 0 aliphatic heterocycles. The molecule has 3 nitrogen and oxygen atoms in total. The molecule has 102 valence electrons. The van der Waals surface area contributed by atoms with E-state index in [1.54, 1.807) is 6.20 Å². The van der Waals surface area contributed by atoms with Crippen molar-refractivity contribution in [2.24, 2.45) is 0 Å². The van der Waals surface area contributed by atoms with Gasteiger partial charge >= 0.3 is 0 Å². The summed E-state index contributed by atoms with van der Waals surface area (Å²) < 4.78 is 3.12. The van der Waals surface area contributed by atoms with Gasteiger partial charge in [-0.05, 0) is 23.8 Å².